The van der Waals surface area contributed by atoms with Crippen molar-refractivity contribution < 1.29 is 4.42 Å². The lowest BCUT2D eigenvalue weighted by Crippen LogP contribution is -2.57. The third-order valence-electron chi connectivity index (χ3n) is 5.81. The van der Waals surface area contributed by atoms with Crippen molar-refractivity contribution in [3.05, 3.63) is 17.8 Å². The zero-order valence-electron chi connectivity index (χ0n) is 18.4. The lowest BCUT2D eigenvalue weighted by molar-refractivity contribution is 0.107. The maximum absolute atomic E-state index is 5.89. The van der Waals surface area contributed by atoms with Gasteiger partial charge in [0.15, 0.2) is 5.96 Å². The smallest absolute Gasteiger partial charge is 0.216 e. The average Bonchev–Trinajstić information content (AvgIpc) is 3.35. The normalized spacial score (nSPS) is 20.3. The van der Waals surface area contributed by atoms with E-state index in [1.165, 1.54) is 50.3 Å². The molecule has 1 aromatic rings. The second kappa shape index (κ2) is 11.2. The van der Waals surface area contributed by atoms with E-state index >= 15 is 0 Å². The number of oxazole rings is 1. The van der Waals surface area contributed by atoms with Crippen LogP contribution in [0, 0.1) is 0 Å². The van der Waals surface area contributed by atoms with Crippen molar-refractivity contribution in [2.75, 3.05) is 37.7 Å². The van der Waals surface area contributed by atoms with Crippen molar-refractivity contribution in [3.63, 3.8) is 0 Å². The van der Waals surface area contributed by atoms with Gasteiger partial charge in [-0.3, -0.25) is 4.90 Å². The maximum Gasteiger partial charge on any atom is 0.216 e. The molecule has 1 aliphatic heterocycles. The van der Waals surface area contributed by atoms with Gasteiger partial charge in [-0.1, -0.05) is 33.6 Å². The lowest BCUT2D eigenvalue weighted by Gasteiger charge is -2.43. The maximum atomic E-state index is 5.89. The minimum Gasteiger partial charge on any atom is -0.443 e. The first kappa shape index (κ1) is 24.8. The van der Waals surface area contributed by atoms with Crippen LogP contribution >= 0.6 is 35.7 Å². The lowest BCUT2D eigenvalue weighted by atomic mass is 9.94. The van der Waals surface area contributed by atoms with E-state index in [-0.39, 0.29) is 29.4 Å². The Bertz CT molecular complexity index is 646. The van der Waals surface area contributed by atoms with Crippen molar-refractivity contribution in [3.8, 4) is 0 Å². The highest BCUT2D eigenvalue weighted by molar-refractivity contribution is 14.0. The Kier molecular flexibility index (Phi) is 9.60. The number of rotatable bonds is 6. The number of halogens is 1. The number of thioether (sulfide) groups is 1. The molecule has 2 aliphatic rings. The molecule has 29 heavy (non-hydrogen) atoms. The summed E-state index contributed by atoms with van der Waals surface area (Å²) in [5.74, 6) is 4.96. The summed E-state index contributed by atoms with van der Waals surface area (Å²) in [6, 6.07) is 0. The molecule has 0 atom stereocenters. The van der Waals surface area contributed by atoms with Gasteiger partial charge >= 0.3 is 0 Å². The summed E-state index contributed by atoms with van der Waals surface area (Å²) in [5.41, 5.74) is 0.263. The first-order valence-electron chi connectivity index (χ1n) is 10.7. The van der Waals surface area contributed by atoms with Crippen molar-refractivity contribution in [2.45, 2.75) is 70.9 Å². The van der Waals surface area contributed by atoms with E-state index in [0.29, 0.717) is 18.0 Å². The first-order valence-corrected chi connectivity index (χ1v) is 11.9. The summed E-state index contributed by atoms with van der Waals surface area (Å²) >= 11 is 2.08. The molecule has 1 saturated heterocycles. The van der Waals surface area contributed by atoms with Gasteiger partial charge in [-0.2, -0.15) is 11.8 Å². The molecular formula is C21H38IN5OS. The second-order valence-corrected chi connectivity index (χ2v) is 10.2. The molecule has 1 aliphatic carbocycles. The van der Waals surface area contributed by atoms with Crippen LogP contribution in [0.5, 0.6) is 0 Å². The van der Waals surface area contributed by atoms with Crippen LogP contribution < -0.4 is 10.6 Å². The number of hydrogen-bond acceptors (Lipinski definition) is 5. The van der Waals surface area contributed by atoms with E-state index in [0.717, 1.165) is 24.8 Å². The minimum absolute atomic E-state index is 0. The van der Waals surface area contributed by atoms with Gasteiger partial charge < -0.3 is 15.1 Å². The van der Waals surface area contributed by atoms with Crippen molar-refractivity contribution >= 4 is 41.7 Å². The second-order valence-electron chi connectivity index (χ2n) is 8.95. The van der Waals surface area contributed by atoms with E-state index in [1.54, 1.807) is 0 Å². The number of guanidine groups is 1. The summed E-state index contributed by atoms with van der Waals surface area (Å²) in [4.78, 5) is 11.9. The Morgan fingerprint density at radius 3 is 2.52 bits per heavy atom. The molecule has 0 radical (unpaired) electrons. The van der Waals surface area contributed by atoms with Gasteiger partial charge in [0, 0.05) is 48.6 Å². The van der Waals surface area contributed by atoms with Crippen LogP contribution in [0.4, 0.5) is 0 Å². The Labute approximate surface area is 197 Å². The minimum atomic E-state index is -0.0285. The van der Waals surface area contributed by atoms with Gasteiger partial charge in [0.25, 0.3) is 0 Å². The number of nitrogens with one attached hydrogen (secondary N) is 2. The molecule has 1 saturated carbocycles. The highest BCUT2D eigenvalue weighted by atomic mass is 127. The molecular weight excluding hydrogens is 497 g/mol. The van der Waals surface area contributed by atoms with Crippen molar-refractivity contribution in [1.29, 1.82) is 0 Å². The van der Waals surface area contributed by atoms with E-state index in [9.17, 15) is 0 Å². The van der Waals surface area contributed by atoms with Crippen LogP contribution in [0.1, 0.15) is 65.0 Å². The van der Waals surface area contributed by atoms with Crippen LogP contribution in [-0.2, 0) is 12.0 Å². The molecule has 0 spiro atoms. The number of hydrogen-bond donors (Lipinski definition) is 2. The molecule has 166 valence electrons. The molecule has 0 amide bonds. The number of aromatic nitrogens is 1. The van der Waals surface area contributed by atoms with E-state index in [2.05, 4.69) is 60.0 Å². The van der Waals surface area contributed by atoms with Crippen LogP contribution in [0.25, 0.3) is 0 Å². The molecule has 3 rings (SSSR count). The van der Waals surface area contributed by atoms with Crippen molar-refractivity contribution in [1.82, 2.24) is 20.5 Å². The van der Waals surface area contributed by atoms with Crippen LogP contribution in [0.3, 0.4) is 0 Å². The van der Waals surface area contributed by atoms with Gasteiger partial charge in [-0.15, -0.1) is 24.0 Å². The Hall–Kier alpha value is -0.480. The fourth-order valence-corrected chi connectivity index (χ4v) is 5.05. The summed E-state index contributed by atoms with van der Waals surface area (Å²) in [5, 5.41) is 7.01. The highest BCUT2D eigenvalue weighted by Crippen LogP contribution is 2.36. The Morgan fingerprint density at radius 1 is 1.24 bits per heavy atom. The monoisotopic (exact) mass is 535 g/mol. The summed E-state index contributed by atoms with van der Waals surface area (Å²) in [7, 11) is 0. The highest BCUT2D eigenvalue weighted by Gasteiger charge is 2.40. The molecule has 0 aromatic carbocycles. The van der Waals surface area contributed by atoms with E-state index in [4.69, 9.17) is 9.41 Å². The molecule has 2 N–H and O–H groups in total. The van der Waals surface area contributed by atoms with Gasteiger partial charge in [0.05, 0.1) is 6.20 Å². The quantitative estimate of drug-likeness (QED) is 0.326. The Morgan fingerprint density at radius 2 is 1.93 bits per heavy atom. The fourth-order valence-electron chi connectivity index (χ4n) is 4.14. The number of aliphatic imine (C=N–C) groups is 1. The largest absolute Gasteiger partial charge is 0.443 e. The molecule has 0 unspecified atom stereocenters. The van der Waals surface area contributed by atoms with Gasteiger partial charge in [-0.25, -0.2) is 9.98 Å². The number of nitrogens with zero attached hydrogens (tertiary/aromatic N) is 3. The zero-order valence-corrected chi connectivity index (χ0v) is 21.6. The predicted octanol–water partition coefficient (Wildman–Crippen LogP) is 4.01. The fraction of sp³-hybridized carbons (Fsp3) is 0.810. The molecule has 2 heterocycles. The van der Waals surface area contributed by atoms with Crippen molar-refractivity contribution in [2.24, 2.45) is 4.99 Å². The van der Waals surface area contributed by atoms with Crippen LogP contribution in [0.2, 0.25) is 0 Å². The topological polar surface area (TPSA) is 65.7 Å². The molecule has 0 bridgehead atoms. The molecule has 1 aromatic heterocycles. The van der Waals surface area contributed by atoms with Gasteiger partial charge in [-0.05, 0) is 19.8 Å². The first-order chi connectivity index (χ1) is 13.4. The van der Waals surface area contributed by atoms with E-state index < -0.39 is 0 Å². The van der Waals surface area contributed by atoms with Gasteiger partial charge in [0.2, 0.25) is 5.89 Å². The van der Waals surface area contributed by atoms with Gasteiger partial charge in [0.1, 0.15) is 12.3 Å². The third kappa shape index (κ3) is 6.75. The van der Waals surface area contributed by atoms with E-state index in [1.807, 2.05) is 6.20 Å². The third-order valence-corrected chi connectivity index (χ3v) is 6.75. The summed E-state index contributed by atoms with van der Waals surface area (Å²) < 4.78 is 5.89. The molecule has 6 nitrogen and oxygen atoms in total. The predicted molar refractivity (Wildman–Crippen MR) is 134 cm³/mol. The standard InChI is InChI=1S/C21H37N5OS.HI/c1-5-22-19(24-15-18-23-14-17(27-18)20(2,3)4)25-16-21(8-6-7-9-21)26-10-12-28-13-11-26;/h14H,5-13,15-16H2,1-4H3,(H2,22,24,25);1H. The van der Waals surface area contributed by atoms with Crippen LogP contribution in [0.15, 0.2) is 15.6 Å². The Balaban J connectivity index is 0.00000300. The van der Waals surface area contributed by atoms with Crippen LogP contribution in [-0.4, -0.2) is 59.1 Å². The zero-order chi connectivity index (χ0) is 20.0. The summed E-state index contributed by atoms with van der Waals surface area (Å²) in [6.45, 7) is 13.2. The summed E-state index contributed by atoms with van der Waals surface area (Å²) in [6.07, 6.45) is 7.08. The SMILES string of the molecule is CCNC(=NCc1ncc(C(C)(C)C)o1)NCC1(N2CCSCC2)CCCC1.I. The molecule has 8 heteroatoms. The average molecular weight is 536 g/mol. The molecule has 2 fully saturated rings.